The van der Waals surface area contributed by atoms with Gasteiger partial charge in [0.05, 0.1) is 7.11 Å². The minimum absolute atomic E-state index is 0.329. The van der Waals surface area contributed by atoms with Crippen molar-refractivity contribution >= 4 is 19.9 Å². The molecule has 2 nitrogen and oxygen atoms in total. The van der Waals surface area contributed by atoms with Crippen molar-refractivity contribution in [3.05, 3.63) is 35.4 Å². The molecule has 1 saturated carbocycles. The van der Waals surface area contributed by atoms with E-state index in [0.29, 0.717) is 5.78 Å². The fourth-order valence-corrected chi connectivity index (χ4v) is 4.57. The Bertz CT molecular complexity index is 509. The van der Waals surface area contributed by atoms with Gasteiger partial charge in [-0.2, -0.15) is 0 Å². The van der Waals surface area contributed by atoms with Crippen molar-refractivity contribution in [2.45, 2.75) is 44.4 Å². The zero-order valence-electron chi connectivity index (χ0n) is 12.9. The Kier molecular flexibility index (Phi) is 4.48. The second-order valence-corrected chi connectivity index (χ2v) is 12.2. The highest BCUT2D eigenvalue weighted by Gasteiger charge is 2.32. The third-order valence-corrected chi connectivity index (χ3v) is 7.17. The number of hydrogen-bond acceptors (Lipinski definition) is 2. The first kappa shape index (κ1) is 15.0. The van der Waals surface area contributed by atoms with Gasteiger partial charge in [-0.25, -0.2) is 0 Å². The van der Waals surface area contributed by atoms with Gasteiger partial charge < -0.3 is 4.74 Å². The van der Waals surface area contributed by atoms with Gasteiger partial charge in [-0.15, -0.1) is 0 Å². The van der Waals surface area contributed by atoms with E-state index in [1.54, 1.807) is 7.11 Å². The summed E-state index contributed by atoms with van der Waals surface area (Å²) in [5.74, 6) is 1.18. The topological polar surface area (TPSA) is 26.3 Å². The number of hydrogen-bond donors (Lipinski definition) is 0. The van der Waals surface area contributed by atoms with Gasteiger partial charge in [0.2, 0.25) is 0 Å². The molecule has 0 aromatic heterocycles. The predicted molar refractivity (Wildman–Crippen MR) is 86.9 cm³/mol. The van der Waals surface area contributed by atoms with Crippen LogP contribution in [0.25, 0.3) is 6.08 Å². The molecule has 108 valence electrons. The number of ether oxygens (including phenoxy) is 1. The van der Waals surface area contributed by atoms with Crippen molar-refractivity contribution < 1.29 is 9.53 Å². The molecule has 1 aromatic rings. The van der Waals surface area contributed by atoms with Gasteiger partial charge in [-0.05, 0) is 47.7 Å². The van der Waals surface area contributed by atoms with Gasteiger partial charge in [-0.3, -0.25) is 4.79 Å². The molecule has 1 aliphatic carbocycles. The average Bonchev–Trinajstić information content (AvgIpc) is 2.41. The van der Waals surface area contributed by atoms with Gasteiger partial charge in [0, 0.05) is 14.5 Å². The number of carbonyl (C=O) groups is 1. The van der Waals surface area contributed by atoms with Gasteiger partial charge in [-0.1, -0.05) is 31.8 Å². The van der Waals surface area contributed by atoms with Crippen LogP contribution in [-0.4, -0.2) is 21.0 Å². The number of allylic oxidation sites excluding steroid dienone is 1. The molecule has 0 bridgehead atoms. The maximum atomic E-state index is 12.1. The first-order valence-corrected chi connectivity index (χ1v) is 10.9. The van der Waals surface area contributed by atoms with E-state index < -0.39 is 8.07 Å². The van der Waals surface area contributed by atoms with Crippen molar-refractivity contribution in [3.63, 3.8) is 0 Å². The number of methoxy groups -OCH3 is 1. The number of rotatable bonds is 3. The van der Waals surface area contributed by atoms with Crippen molar-refractivity contribution in [2.24, 2.45) is 0 Å². The maximum absolute atomic E-state index is 12.1. The molecular weight excluding hydrogens is 264 g/mol. The van der Waals surface area contributed by atoms with Crippen LogP contribution >= 0.6 is 0 Å². The van der Waals surface area contributed by atoms with E-state index in [-0.39, 0.29) is 0 Å². The second-order valence-electron chi connectivity index (χ2n) is 6.67. The van der Waals surface area contributed by atoms with E-state index in [4.69, 9.17) is 4.74 Å². The van der Waals surface area contributed by atoms with Crippen LogP contribution < -0.4 is 4.74 Å². The van der Waals surface area contributed by atoms with Crippen molar-refractivity contribution in [2.75, 3.05) is 7.11 Å². The van der Waals surface area contributed by atoms with E-state index in [9.17, 15) is 4.79 Å². The predicted octanol–water partition coefficient (Wildman–Crippen LogP) is 4.54. The van der Waals surface area contributed by atoms with Crippen LogP contribution in [0.4, 0.5) is 0 Å². The normalized spacial score (nSPS) is 22.1. The molecule has 0 spiro atoms. The van der Waals surface area contributed by atoms with Crippen LogP contribution in [0.2, 0.25) is 25.2 Å². The lowest BCUT2D eigenvalue weighted by Gasteiger charge is -2.33. The number of Topliss-reactive ketones (excluding diaryl/α,β-unsaturated/α-hetero) is 1. The lowest BCUT2D eigenvalue weighted by Crippen LogP contribution is -2.32. The Morgan fingerprint density at radius 2 is 1.85 bits per heavy atom. The lowest BCUT2D eigenvalue weighted by atomic mass is 9.91. The van der Waals surface area contributed by atoms with E-state index in [2.05, 4.69) is 25.7 Å². The summed E-state index contributed by atoms with van der Waals surface area (Å²) in [6.07, 6.45) is 4.82. The molecule has 0 aliphatic heterocycles. The maximum Gasteiger partial charge on any atom is 0.158 e. The second kappa shape index (κ2) is 5.96. The Hall–Kier alpha value is -1.35. The van der Waals surface area contributed by atoms with Crippen LogP contribution in [0, 0.1) is 0 Å². The Labute approximate surface area is 122 Å². The van der Waals surface area contributed by atoms with Gasteiger partial charge in [0.1, 0.15) is 5.75 Å². The van der Waals surface area contributed by atoms with Crippen LogP contribution in [0.1, 0.15) is 24.8 Å². The summed E-state index contributed by atoms with van der Waals surface area (Å²) in [5.41, 5.74) is 2.82. The average molecular weight is 288 g/mol. The standard InChI is InChI=1S/C17H24O2Si/c1-19-15-7-5-13(6-8-15)11-14-12-16(20(2,3)4)9-10-17(14)18/h5-8,11,16H,9-10,12H2,1-4H3. The molecule has 1 atom stereocenters. The van der Waals surface area contributed by atoms with E-state index >= 15 is 0 Å². The molecular formula is C17H24O2Si. The molecule has 1 unspecified atom stereocenters. The highest BCUT2D eigenvalue weighted by atomic mass is 28.3. The van der Waals surface area contributed by atoms with Crippen LogP contribution in [0.3, 0.4) is 0 Å². The fraction of sp³-hybridized carbons (Fsp3) is 0.471. The van der Waals surface area contributed by atoms with Gasteiger partial charge in [0.25, 0.3) is 0 Å². The fourth-order valence-electron chi connectivity index (χ4n) is 2.73. The first-order valence-electron chi connectivity index (χ1n) is 7.28. The zero-order valence-corrected chi connectivity index (χ0v) is 13.9. The Morgan fingerprint density at radius 1 is 1.20 bits per heavy atom. The third kappa shape index (κ3) is 3.60. The molecule has 0 radical (unpaired) electrons. The lowest BCUT2D eigenvalue weighted by molar-refractivity contribution is -0.116. The minimum Gasteiger partial charge on any atom is -0.497 e. The van der Waals surface area contributed by atoms with Gasteiger partial charge in [0.15, 0.2) is 5.78 Å². The Balaban J connectivity index is 2.19. The van der Waals surface area contributed by atoms with Crippen molar-refractivity contribution in [1.82, 2.24) is 0 Å². The quantitative estimate of drug-likeness (QED) is 0.603. The molecule has 1 fully saturated rings. The largest absolute Gasteiger partial charge is 0.497 e. The molecule has 0 amide bonds. The number of benzene rings is 1. The number of carbonyl (C=O) groups excluding carboxylic acids is 1. The third-order valence-electron chi connectivity index (χ3n) is 4.23. The molecule has 20 heavy (non-hydrogen) atoms. The highest BCUT2D eigenvalue weighted by molar-refractivity contribution is 6.77. The van der Waals surface area contributed by atoms with Crippen LogP contribution in [0.5, 0.6) is 5.75 Å². The summed E-state index contributed by atoms with van der Waals surface area (Å²) >= 11 is 0. The van der Waals surface area contributed by atoms with E-state index in [0.717, 1.165) is 41.7 Å². The summed E-state index contributed by atoms with van der Waals surface area (Å²) in [6.45, 7) is 7.20. The van der Waals surface area contributed by atoms with Crippen LogP contribution in [-0.2, 0) is 4.79 Å². The molecule has 2 rings (SSSR count). The molecule has 0 N–H and O–H groups in total. The summed E-state index contributed by atoms with van der Waals surface area (Å²) in [7, 11) is 0.491. The monoisotopic (exact) mass is 288 g/mol. The smallest absolute Gasteiger partial charge is 0.158 e. The SMILES string of the molecule is COc1ccc(C=C2CC([Si](C)(C)C)CCC2=O)cc1. The van der Waals surface area contributed by atoms with Gasteiger partial charge >= 0.3 is 0 Å². The summed E-state index contributed by atoms with van der Waals surface area (Å²) in [4.78, 5) is 12.1. The molecule has 1 aromatic carbocycles. The zero-order chi connectivity index (χ0) is 14.8. The Morgan fingerprint density at radius 3 is 2.40 bits per heavy atom. The van der Waals surface area contributed by atoms with Crippen molar-refractivity contribution in [1.29, 1.82) is 0 Å². The summed E-state index contributed by atoms with van der Waals surface area (Å²) in [6, 6.07) is 7.90. The first-order chi connectivity index (χ1) is 9.40. The highest BCUT2D eigenvalue weighted by Crippen LogP contribution is 2.38. The molecule has 3 heteroatoms. The van der Waals surface area contributed by atoms with E-state index in [1.165, 1.54) is 0 Å². The van der Waals surface area contributed by atoms with Crippen molar-refractivity contribution in [3.8, 4) is 5.75 Å². The number of ketones is 1. The van der Waals surface area contributed by atoms with E-state index in [1.807, 2.05) is 24.3 Å². The molecule has 0 heterocycles. The summed E-state index contributed by atoms with van der Waals surface area (Å²) in [5, 5.41) is 0. The van der Waals surface area contributed by atoms with Crippen LogP contribution in [0.15, 0.2) is 29.8 Å². The summed E-state index contributed by atoms with van der Waals surface area (Å²) < 4.78 is 5.16. The molecule has 1 aliphatic rings. The molecule has 0 saturated heterocycles. The minimum atomic E-state index is -1.17.